The highest BCUT2D eigenvalue weighted by Crippen LogP contribution is 2.36. The first-order valence-corrected chi connectivity index (χ1v) is 10.4. The zero-order valence-corrected chi connectivity index (χ0v) is 19.6. The van der Waals surface area contributed by atoms with Crippen molar-refractivity contribution in [1.82, 2.24) is 5.32 Å². The van der Waals surface area contributed by atoms with Crippen molar-refractivity contribution in [2.75, 3.05) is 5.32 Å². The third kappa shape index (κ3) is 5.98. The van der Waals surface area contributed by atoms with Crippen LogP contribution in [0.5, 0.6) is 0 Å². The fourth-order valence-electron chi connectivity index (χ4n) is 2.89. The van der Waals surface area contributed by atoms with Gasteiger partial charge in [-0.1, -0.05) is 26.0 Å². The lowest BCUT2D eigenvalue weighted by Gasteiger charge is -2.32. The fourth-order valence-corrected chi connectivity index (χ4v) is 2.89. The van der Waals surface area contributed by atoms with Gasteiger partial charge in [-0.2, -0.15) is 0 Å². The van der Waals surface area contributed by atoms with Crippen LogP contribution < -0.4 is 16.1 Å². The molecule has 1 aliphatic heterocycles. The average Bonchev–Trinajstić information content (AvgIpc) is 2.79. The van der Waals surface area contributed by atoms with E-state index in [4.69, 9.17) is 14.0 Å². The van der Waals surface area contributed by atoms with E-state index in [-0.39, 0.29) is 11.8 Å². The van der Waals surface area contributed by atoms with Gasteiger partial charge < -0.3 is 24.7 Å². The molecule has 0 radical (unpaired) electrons. The Balaban J connectivity index is 2.03. The van der Waals surface area contributed by atoms with Gasteiger partial charge in [0.15, 0.2) is 0 Å². The van der Waals surface area contributed by atoms with E-state index in [1.54, 1.807) is 32.9 Å². The summed E-state index contributed by atoms with van der Waals surface area (Å²) in [6.07, 6.45) is -0.618. The summed E-state index contributed by atoms with van der Waals surface area (Å²) in [5, 5.41) is 5.50. The van der Waals surface area contributed by atoms with Gasteiger partial charge >= 0.3 is 13.2 Å². The summed E-state index contributed by atoms with van der Waals surface area (Å²) < 4.78 is 17.4. The molecule has 7 nitrogen and oxygen atoms in total. The van der Waals surface area contributed by atoms with Gasteiger partial charge in [0.1, 0.15) is 11.6 Å². The number of anilines is 1. The summed E-state index contributed by atoms with van der Waals surface area (Å²) in [5.74, 6) is -0.416. The number of nitrogens with one attached hydrogen (secondary N) is 2. The normalized spacial score (nSPS) is 18.8. The Bertz CT molecular complexity index is 753. The molecule has 8 heteroatoms. The van der Waals surface area contributed by atoms with Crippen molar-refractivity contribution in [3.05, 3.63) is 24.3 Å². The van der Waals surface area contributed by atoms with Crippen molar-refractivity contribution in [1.29, 1.82) is 0 Å². The van der Waals surface area contributed by atoms with Crippen LogP contribution in [0.15, 0.2) is 24.3 Å². The second kappa shape index (κ2) is 8.59. The molecule has 1 saturated heterocycles. The summed E-state index contributed by atoms with van der Waals surface area (Å²) in [4.78, 5) is 24.8. The third-order valence-electron chi connectivity index (χ3n) is 5.33. The standard InChI is InChI=1S/C22H35BN2O5/c1-14(2)17(25-19(27)28-20(3,4)5)18(26)24-16-12-10-15(11-13-16)23-29-21(6,7)22(8,9)30-23/h10-14,17H,1-9H3,(H,24,26)(H,25,27). The maximum absolute atomic E-state index is 12.7. The van der Waals surface area contributed by atoms with Crippen molar-refractivity contribution in [3.63, 3.8) is 0 Å². The van der Waals surface area contributed by atoms with Gasteiger partial charge in [0.2, 0.25) is 5.91 Å². The molecular formula is C22H35BN2O5. The van der Waals surface area contributed by atoms with Crippen LogP contribution in [0.1, 0.15) is 62.3 Å². The van der Waals surface area contributed by atoms with Crippen molar-refractivity contribution in [2.45, 2.75) is 85.2 Å². The van der Waals surface area contributed by atoms with Crippen LogP contribution in [0, 0.1) is 5.92 Å². The van der Waals surface area contributed by atoms with Crippen LogP contribution in [-0.4, -0.2) is 42.0 Å². The molecule has 0 aliphatic carbocycles. The molecule has 30 heavy (non-hydrogen) atoms. The summed E-state index contributed by atoms with van der Waals surface area (Å²) >= 11 is 0. The largest absolute Gasteiger partial charge is 0.494 e. The second-order valence-corrected chi connectivity index (χ2v) is 10.1. The van der Waals surface area contributed by atoms with Crippen LogP contribution in [0.4, 0.5) is 10.5 Å². The van der Waals surface area contributed by atoms with Crippen molar-refractivity contribution in [3.8, 4) is 0 Å². The predicted octanol–water partition coefficient (Wildman–Crippen LogP) is 3.47. The molecule has 166 valence electrons. The quantitative estimate of drug-likeness (QED) is 0.716. The first kappa shape index (κ1) is 24.2. The highest BCUT2D eigenvalue weighted by Gasteiger charge is 2.51. The SMILES string of the molecule is CC(C)C(NC(=O)OC(C)(C)C)C(=O)Nc1ccc(B2OC(C)(C)C(C)(C)O2)cc1. The van der Waals surface area contributed by atoms with E-state index in [0.717, 1.165) is 5.46 Å². The zero-order valence-electron chi connectivity index (χ0n) is 19.6. The topological polar surface area (TPSA) is 85.9 Å². The monoisotopic (exact) mass is 418 g/mol. The average molecular weight is 418 g/mol. The molecule has 1 aromatic rings. The maximum Gasteiger partial charge on any atom is 0.494 e. The Morgan fingerprint density at radius 1 is 1.00 bits per heavy atom. The summed E-state index contributed by atoms with van der Waals surface area (Å²) in [5.41, 5.74) is 0.0340. The summed E-state index contributed by atoms with van der Waals surface area (Å²) in [7, 11) is -0.461. The molecule has 0 aromatic heterocycles. The molecule has 1 atom stereocenters. The minimum atomic E-state index is -0.720. The predicted molar refractivity (Wildman–Crippen MR) is 119 cm³/mol. The van der Waals surface area contributed by atoms with Gasteiger partial charge in [0.25, 0.3) is 0 Å². The van der Waals surface area contributed by atoms with Crippen molar-refractivity contribution in [2.24, 2.45) is 5.92 Å². The Kier molecular flexibility index (Phi) is 6.94. The van der Waals surface area contributed by atoms with Gasteiger partial charge in [0, 0.05) is 5.69 Å². The maximum atomic E-state index is 12.7. The molecule has 0 bridgehead atoms. The van der Waals surface area contributed by atoms with Crippen LogP contribution in [-0.2, 0) is 18.8 Å². The number of hydrogen-bond donors (Lipinski definition) is 2. The molecule has 1 unspecified atom stereocenters. The number of rotatable bonds is 5. The minimum Gasteiger partial charge on any atom is -0.444 e. The van der Waals surface area contributed by atoms with E-state index in [1.165, 1.54) is 0 Å². The Morgan fingerprint density at radius 3 is 1.93 bits per heavy atom. The van der Waals surface area contributed by atoms with Crippen molar-refractivity contribution >= 4 is 30.3 Å². The lowest BCUT2D eigenvalue weighted by molar-refractivity contribution is -0.119. The smallest absolute Gasteiger partial charge is 0.444 e. The number of alkyl carbamates (subject to hydrolysis) is 1. The lowest BCUT2D eigenvalue weighted by atomic mass is 9.79. The highest BCUT2D eigenvalue weighted by molar-refractivity contribution is 6.62. The molecular weight excluding hydrogens is 383 g/mol. The number of carbonyl (C=O) groups is 2. The summed E-state index contributed by atoms with van der Waals surface area (Å²) in [6.45, 7) is 17.1. The van der Waals surface area contributed by atoms with Gasteiger partial charge in [-0.25, -0.2) is 4.79 Å². The molecule has 0 spiro atoms. The number of ether oxygens (including phenoxy) is 1. The highest BCUT2D eigenvalue weighted by atomic mass is 16.7. The second-order valence-electron chi connectivity index (χ2n) is 10.1. The van der Waals surface area contributed by atoms with Crippen molar-refractivity contribution < 1.29 is 23.6 Å². The number of benzene rings is 1. The first-order valence-electron chi connectivity index (χ1n) is 10.4. The Morgan fingerprint density at radius 2 is 1.50 bits per heavy atom. The summed E-state index contributed by atoms with van der Waals surface area (Å²) in [6, 6.07) is 6.60. The van der Waals surface area contributed by atoms with Gasteiger partial charge in [-0.05, 0) is 72.0 Å². The van der Waals surface area contributed by atoms with E-state index in [9.17, 15) is 9.59 Å². The number of carbonyl (C=O) groups excluding carboxylic acids is 2. The molecule has 1 aromatic carbocycles. The molecule has 2 rings (SSSR count). The first-order chi connectivity index (χ1) is 13.6. The van der Waals surface area contributed by atoms with E-state index in [0.29, 0.717) is 5.69 Å². The van der Waals surface area contributed by atoms with E-state index < -0.39 is 36.1 Å². The van der Waals surface area contributed by atoms with Crippen LogP contribution in [0.25, 0.3) is 0 Å². The van der Waals surface area contributed by atoms with Crippen LogP contribution in [0.2, 0.25) is 0 Å². The van der Waals surface area contributed by atoms with Crippen LogP contribution >= 0.6 is 0 Å². The van der Waals surface area contributed by atoms with Gasteiger partial charge in [-0.15, -0.1) is 0 Å². The number of hydrogen-bond acceptors (Lipinski definition) is 5. The number of amides is 2. The van der Waals surface area contributed by atoms with E-state index in [1.807, 2.05) is 53.7 Å². The molecule has 1 fully saturated rings. The van der Waals surface area contributed by atoms with Gasteiger partial charge in [-0.3, -0.25) is 4.79 Å². The Labute approximate surface area is 180 Å². The van der Waals surface area contributed by atoms with Gasteiger partial charge in [0.05, 0.1) is 11.2 Å². The molecule has 1 aliphatic rings. The molecule has 2 amide bonds. The molecule has 1 heterocycles. The van der Waals surface area contributed by atoms with Crippen LogP contribution in [0.3, 0.4) is 0 Å². The molecule has 0 saturated carbocycles. The van der Waals surface area contributed by atoms with E-state index >= 15 is 0 Å². The minimum absolute atomic E-state index is 0.110. The lowest BCUT2D eigenvalue weighted by Crippen LogP contribution is -2.48. The fraction of sp³-hybridized carbons (Fsp3) is 0.636. The third-order valence-corrected chi connectivity index (χ3v) is 5.33. The Hall–Kier alpha value is -2.06. The molecule has 2 N–H and O–H groups in total. The van der Waals surface area contributed by atoms with E-state index in [2.05, 4.69) is 10.6 Å². The zero-order chi connectivity index (χ0) is 22.9.